The zero-order chi connectivity index (χ0) is 27.8. The van der Waals surface area contributed by atoms with E-state index in [9.17, 15) is 0 Å². The molecule has 200 valence electrons. The molecule has 2 unspecified atom stereocenters. The van der Waals surface area contributed by atoms with E-state index >= 15 is 0 Å². The van der Waals surface area contributed by atoms with Gasteiger partial charge in [0.25, 0.3) is 0 Å². The molecular formula is C33H31N5OS. The molecule has 1 N–H and O–H groups in total. The maximum Gasteiger partial charge on any atom is 0.174 e. The molecule has 0 aliphatic carbocycles. The zero-order valence-corrected chi connectivity index (χ0v) is 23.8. The van der Waals surface area contributed by atoms with Gasteiger partial charge in [0.1, 0.15) is 17.3 Å². The predicted octanol–water partition coefficient (Wildman–Crippen LogP) is 7.47. The van der Waals surface area contributed by atoms with Gasteiger partial charge in [-0.25, -0.2) is 4.98 Å². The summed E-state index contributed by atoms with van der Waals surface area (Å²) >= 11 is 5.96. The topological polar surface area (TPSA) is 55.2 Å². The van der Waals surface area contributed by atoms with E-state index in [0.717, 1.165) is 45.6 Å². The third kappa shape index (κ3) is 4.73. The number of nitrogens with one attached hydrogen (secondary N) is 1. The van der Waals surface area contributed by atoms with Crippen LogP contribution in [0.3, 0.4) is 0 Å². The first-order chi connectivity index (χ1) is 19.4. The normalized spacial score (nSPS) is 16.7. The van der Waals surface area contributed by atoms with Crippen molar-refractivity contribution >= 4 is 23.0 Å². The van der Waals surface area contributed by atoms with Crippen molar-refractivity contribution in [2.24, 2.45) is 0 Å². The number of benzene rings is 2. The molecule has 5 aromatic rings. The van der Waals surface area contributed by atoms with Gasteiger partial charge < -0.3 is 19.5 Å². The number of aromatic nitrogens is 3. The summed E-state index contributed by atoms with van der Waals surface area (Å²) in [5.74, 6) is 2.52. The Labute approximate surface area is 240 Å². The van der Waals surface area contributed by atoms with Crippen molar-refractivity contribution in [1.82, 2.24) is 19.9 Å². The SMILES string of the molecule is Cc1ccc(Oc2ccc(N3C(=S)NC(c4ccccn4)C3c3cc(C)n(-c4ncccc4C)c3C)cc2)cc1. The lowest BCUT2D eigenvalue weighted by molar-refractivity contribution is 0.482. The second kappa shape index (κ2) is 10.6. The van der Waals surface area contributed by atoms with E-state index in [1.54, 1.807) is 0 Å². The molecule has 3 aromatic heterocycles. The minimum absolute atomic E-state index is 0.116. The van der Waals surface area contributed by atoms with Crippen LogP contribution in [0.4, 0.5) is 5.69 Å². The molecule has 0 saturated carbocycles. The minimum atomic E-state index is -0.129. The van der Waals surface area contributed by atoms with Gasteiger partial charge in [-0.15, -0.1) is 0 Å². The van der Waals surface area contributed by atoms with Gasteiger partial charge in [0.15, 0.2) is 5.11 Å². The van der Waals surface area contributed by atoms with Gasteiger partial charge in [-0.2, -0.15) is 0 Å². The maximum absolute atomic E-state index is 6.09. The first kappa shape index (κ1) is 25.8. The Bertz CT molecular complexity index is 1660. The molecule has 1 aliphatic heterocycles. The summed E-state index contributed by atoms with van der Waals surface area (Å²) in [6.45, 7) is 8.44. The summed E-state index contributed by atoms with van der Waals surface area (Å²) in [6, 6.07) is 28.2. The van der Waals surface area contributed by atoms with Crippen LogP contribution in [-0.4, -0.2) is 19.6 Å². The average Bonchev–Trinajstić information content (AvgIpc) is 3.46. The number of hydrogen-bond donors (Lipinski definition) is 1. The van der Waals surface area contributed by atoms with Crippen LogP contribution in [0.1, 0.15) is 45.9 Å². The highest BCUT2D eigenvalue weighted by Crippen LogP contribution is 2.44. The summed E-state index contributed by atoms with van der Waals surface area (Å²) in [5, 5.41) is 4.23. The lowest BCUT2D eigenvalue weighted by Gasteiger charge is -2.28. The fourth-order valence-electron chi connectivity index (χ4n) is 5.49. The third-order valence-electron chi connectivity index (χ3n) is 7.45. The molecule has 0 spiro atoms. The maximum atomic E-state index is 6.09. The monoisotopic (exact) mass is 545 g/mol. The lowest BCUT2D eigenvalue weighted by Crippen LogP contribution is -2.29. The fraction of sp³-hybridized carbons (Fsp3) is 0.182. The van der Waals surface area contributed by atoms with Crippen molar-refractivity contribution in [3.05, 3.63) is 131 Å². The molecule has 0 radical (unpaired) electrons. The van der Waals surface area contributed by atoms with Gasteiger partial charge in [0.05, 0.1) is 17.8 Å². The number of hydrogen-bond acceptors (Lipinski definition) is 4. The smallest absolute Gasteiger partial charge is 0.174 e. The highest BCUT2D eigenvalue weighted by atomic mass is 32.1. The fourth-order valence-corrected chi connectivity index (χ4v) is 5.84. The van der Waals surface area contributed by atoms with Crippen LogP contribution in [0, 0.1) is 27.7 Å². The Morgan fingerprint density at radius 3 is 2.17 bits per heavy atom. The molecule has 1 saturated heterocycles. The van der Waals surface area contributed by atoms with Gasteiger partial charge in [-0.05, 0) is 112 Å². The molecule has 1 aliphatic rings. The van der Waals surface area contributed by atoms with Crippen LogP contribution in [0.25, 0.3) is 5.82 Å². The standard InChI is InChI=1S/C33H31N5OS/c1-21-10-14-26(15-11-21)39-27-16-12-25(13-17-27)38-31(30(36-33(38)40)29-9-5-6-18-34-29)28-20-23(3)37(24(28)4)32-22(2)8-7-19-35-32/h5-20,30-31H,1-4H3,(H,36,40). The molecule has 2 aromatic carbocycles. The van der Waals surface area contributed by atoms with Crippen LogP contribution in [0.2, 0.25) is 0 Å². The van der Waals surface area contributed by atoms with Crippen molar-refractivity contribution in [3.8, 4) is 17.3 Å². The van der Waals surface area contributed by atoms with Crippen molar-refractivity contribution in [3.63, 3.8) is 0 Å². The Kier molecular flexibility index (Phi) is 6.82. The Balaban J connectivity index is 1.41. The third-order valence-corrected chi connectivity index (χ3v) is 7.77. The molecule has 7 heteroatoms. The van der Waals surface area contributed by atoms with E-state index < -0.39 is 0 Å². The van der Waals surface area contributed by atoms with E-state index in [0.29, 0.717) is 5.11 Å². The Morgan fingerprint density at radius 2 is 1.50 bits per heavy atom. The first-order valence-electron chi connectivity index (χ1n) is 13.4. The summed E-state index contributed by atoms with van der Waals surface area (Å²) < 4.78 is 8.33. The van der Waals surface area contributed by atoms with Gasteiger partial charge in [0.2, 0.25) is 0 Å². The molecule has 40 heavy (non-hydrogen) atoms. The number of thiocarbonyl (C=S) groups is 1. The van der Waals surface area contributed by atoms with E-state index in [1.165, 1.54) is 11.1 Å². The summed E-state index contributed by atoms with van der Waals surface area (Å²) in [4.78, 5) is 11.6. The van der Waals surface area contributed by atoms with Gasteiger partial charge in [0, 0.05) is 29.5 Å². The van der Waals surface area contributed by atoms with Crippen LogP contribution in [0.5, 0.6) is 11.5 Å². The van der Waals surface area contributed by atoms with Gasteiger partial charge in [-0.3, -0.25) is 4.98 Å². The number of anilines is 1. The molecule has 1 fully saturated rings. The highest BCUT2D eigenvalue weighted by Gasteiger charge is 2.42. The number of nitrogens with zero attached hydrogens (tertiary/aromatic N) is 4. The summed E-state index contributed by atoms with van der Waals surface area (Å²) in [7, 11) is 0. The predicted molar refractivity (Wildman–Crippen MR) is 163 cm³/mol. The molecule has 0 bridgehead atoms. The second-order valence-electron chi connectivity index (χ2n) is 10.2. The molecule has 6 rings (SSSR count). The van der Waals surface area contributed by atoms with E-state index in [-0.39, 0.29) is 12.1 Å². The molecule has 0 amide bonds. The van der Waals surface area contributed by atoms with E-state index in [4.69, 9.17) is 26.9 Å². The lowest BCUT2D eigenvalue weighted by atomic mass is 9.96. The van der Waals surface area contributed by atoms with Crippen molar-refractivity contribution < 1.29 is 4.74 Å². The second-order valence-corrected chi connectivity index (χ2v) is 10.6. The number of rotatable bonds is 6. The zero-order valence-electron chi connectivity index (χ0n) is 23.0. The highest BCUT2D eigenvalue weighted by molar-refractivity contribution is 7.80. The molecular weight excluding hydrogens is 514 g/mol. The van der Waals surface area contributed by atoms with E-state index in [2.05, 4.69) is 72.8 Å². The molecule has 2 atom stereocenters. The van der Waals surface area contributed by atoms with Crippen molar-refractivity contribution in [2.45, 2.75) is 39.8 Å². The number of ether oxygens (including phenoxy) is 1. The quantitative estimate of drug-likeness (QED) is 0.223. The Hall–Kier alpha value is -4.49. The number of aryl methyl sites for hydroxylation is 3. The van der Waals surface area contributed by atoms with Gasteiger partial charge in [-0.1, -0.05) is 29.8 Å². The van der Waals surface area contributed by atoms with Crippen LogP contribution in [0.15, 0.2) is 97.3 Å². The summed E-state index contributed by atoms with van der Waals surface area (Å²) in [6.07, 6.45) is 3.67. The van der Waals surface area contributed by atoms with Crippen LogP contribution in [-0.2, 0) is 0 Å². The average molecular weight is 546 g/mol. The van der Waals surface area contributed by atoms with Crippen molar-refractivity contribution in [1.29, 1.82) is 0 Å². The number of pyridine rings is 2. The van der Waals surface area contributed by atoms with Crippen LogP contribution >= 0.6 is 12.2 Å². The minimum Gasteiger partial charge on any atom is -0.457 e. The van der Waals surface area contributed by atoms with Crippen molar-refractivity contribution in [2.75, 3.05) is 4.90 Å². The first-order valence-corrected chi connectivity index (χ1v) is 13.8. The summed E-state index contributed by atoms with van der Waals surface area (Å²) in [5.41, 5.74) is 7.66. The molecule has 6 nitrogen and oxygen atoms in total. The Morgan fingerprint density at radius 1 is 0.800 bits per heavy atom. The van der Waals surface area contributed by atoms with E-state index in [1.807, 2.05) is 67.0 Å². The largest absolute Gasteiger partial charge is 0.457 e. The van der Waals surface area contributed by atoms with Gasteiger partial charge >= 0.3 is 0 Å². The molecule has 4 heterocycles. The van der Waals surface area contributed by atoms with Crippen LogP contribution < -0.4 is 15.0 Å².